The molecule has 4 nitrogen and oxygen atoms in total. The van der Waals surface area contributed by atoms with Crippen LogP contribution in [0, 0.1) is 5.92 Å². The quantitative estimate of drug-likeness (QED) is 0.782. The van der Waals surface area contributed by atoms with Gasteiger partial charge >= 0.3 is 6.09 Å². The molecule has 2 aliphatic rings. The molecule has 1 amide bonds. The summed E-state index contributed by atoms with van der Waals surface area (Å²) >= 11 is 0. The van der Waals surface area contributed by atoms with Crippen LogP contribution < -0.4 is 5.73 Å². The summed E-state index contributed by atoms with van der Waals surface area (Å²) in [4.78, 5) is 13.7. The molecule has 1 saturated heterocycles. The molecule has 1 saturated carbocycles. The van der Waals surface area contributed by atoms with E-state index in [9.17, 15) is 4.79 Å². The normalized spacial score (nSPS) is 24.6. The fourth-order valence-corrected chi connectivity index (χ4v) is 2.96. The maximum atomic E-state index is 11.9. The van der Waals surface area contributed by atoms with Crippen LogP contribution in [-0.2, 0) is 4.74 Å². The van der Waals surface area contributed by atoms with Crippen LogP contribution in [0.15, 0.2) is 0 Å². The number of amides is 1. The maximum Gasteiger partial charge on any atom is 0.410 e. The van der Waals surface area contributed by atoms with Gasteiger partial charge in [-0.05, 0) is 58.8 Å². The molecule has 2 N–H and O–H groups in total. The molecule has 104 valence electrons. The number of rotatable bonds is 1. The van der Waals surface area contributed by atoms with Gasteiger partial charge in [0.05, 0.1) is 0 Å². The molecule has 0 aromatic rings. The SMILES string of the molecule is CC(C)(C)OC(=O)N1CCC(C2(N)CCC2)CC1. The fraction of sp³-hybridized carbons (Fsp3) is 0.929. The van der Waals surface area contributed by atoms with Crippen molar-refractivity contribution in [1.29, 1.82) is 0 Å². The zero-order valence-electron chi connectivity index (χ0n) is 11.9. The highest BCUT2D eigenvalue weighted by Gasteiger charge is 2.42. The molecule has 0 atom stereocenters. The van der Waals surface area contributed by atoms with E-state index in [1.54, 1.807) is 0 Å². The highest BCUT2D eigenvalue weighted by molar-refractivity contribution is 5.68. The lowest BCUT2D eigenvalue weighted by Gasteiger charge is -2.48. The highest BCUT2D eigenvalue weighted by atomic mass is 16.6. The van der Waals surface area contributed by atoms with Crippen LogP contribution in [0.3, 0.4) is 0 Å². The molecule has 1 aliphatic heterocycles. The van der Waals surface area contributed by atoms with Crippen LogP contribution in [0.2, 0.25) is 0 Å². The monoisotopic (exact) mass is 254 g/mol. The molecule has 2 fully saturated rings. The van der Waals surface area contributed by atoms with Gasteiger partial charge in [-0.25, -0.2) is 4.79 Å². The molecule has 0 aromatic heterocycles. The number of carbonyl (C=O) groups excluding carboxylic acids is 1. The Bertz CT molecular complexity index is 310. The second-order valence-electron chi connectivity index (χ2n) is 6.83. The summed E-state index contributed by atoms with van der Waals surface area (Å²) in [6, 6.07) is 0. The van der Waals surface area contributed by atoms with Crippen LogP contribution in [0.4, 0.5) is 4.79 Å². The molecular formula is C14H26N2O2. The predicted octanol–water partition coefficient (Wildman–Crippen LogP) is 2.51. The summed E-state index contributed by atoms with van der Waals surface area (Å²) < 4.78 is 5.39. The smallest absolute Gasteiger partial charge is 0.410 e. The van der Waals surface area contributed by atoms with E-state index >= 15 is 0 Å². The summed E-state index contributed by atoms with van der Waals surface area (Å²) in [6.45, 7) is 7.29. The first-order valence-corrected chi connectivity index (χ1v) is 7.07. The second-order valence-corrected chi connectivity index (χ2v) is 6.83. The number of nitrogens with two attached hydrogens (primary N) is 1. The summed E-state index contributed by atoms with van der Waals surface area (Å²) in [6.07, 6.45) is 5.45. The van der Waals surface area contributed by atoms with E-state index in [1.165, 1.54) is 6.42 Å². The van der Waals surface area contributed by atoms with Gasteiger partial charge < -0.3 is 15.4 Å². The van der Waals surface area contributed by atoms with E-state index in [0.29, 0.717) is 5.92 Å². The van der Waals surface area contributed by atoms with Gasteiger partial charge in [0, 0.05) is 18.6 Å². The van der Waals surface area contributed by atoms with Crippen LogP contribution >= 0.6 is 0 Å². The van der Waals surface area contributed by atoms with Gasteiger partial charge in [-0.3, -0.25) is 0 Å². The maximum absolute atomic E-state index is 11.9. The minimum Gasteiger partial charge on any atom is -0.444 e. The van der Waals surface area contributed by atoms with E-state index in [0.717, 1.165) is 38.8 Å². The van der Waals surface area contributed by atoms with Gasteiger partial charge in [0.15, 0.2) is 0 Å². The second kappa shape index (κ2) is 4.72. The van der Waals surface area contributed by atoms with Crippen molar-refractivity contribution >= 4 is 6.09 Å². The summed E-state index contributed by atoms with van der Waals surface area (Å²) in [5.74, 6) is 0.588. The van der Waals surface area contributed by atoms with Gasteiger partial charge in [0.1, 0.15) is 5.60 Å². The number of carbonyl (C=O) groups is 1. The molecule has 18 heavy (non-hydrogen) atoms. The standard InChI is InChI=1S/C14H26N2O2/c1-13(2,3)18-12(17)16-9-5-11(6-10-16)14(15)7-4-8-14/h11H,4-10,15H2,1-3H3. The minimum absolute atomic E-state index is 0.0695. The molecule has 2 rings (SSSR count). The van der Waals surface area contributed by atoms with Crippen LogP contribution in [0.25, 0.3) is 0 Å². The van der Waals surface area contributed by atoms with E-state index in [1.807, 2.05) is 25.7 Å². The van der Waals surface area contributed by atoms with Gasteiger partial charge in [-0.2, -0.15) is 0 Å². The average molecular weight is 254 g/mol. The number of nitrogens with zero attached hydrogens (tertiary/aromatic N) is 1. The number of ether oxygens (including phenoxy) is 1. The molecule has 0 bridgehead atoms. The molecular weight excluding hydrogens is 228 g/mol. The van der Waals surface area contributed by atoms with Crippen molar-refractivity contribution < 1.29 is 9.53 Å². The van der Waals surface area contributed by atoms with Crippen molar-refractivity contribution in [2.45, 2.75) is 64.0 Å². The Morgan fingerprint density at radius 3 is 2.22 bits per heavy atom. The lowest BCUT2D eigenvalue weighted by Crippen LogP contribution is -2.56. The van der Waals surface area contributed by atoms with E-state index < -0.39 is 5.60 Å². The Hall–Kier alpha value is -0.770. The molecule has 4 heteroatoms. The zero-order valence-corrected chi connectivity index (χ0v) is 11.9. The van der Waals surface area contributed by atoms with Crippen molar-refractivity contribution in [3.8, 4) is 0 Å². The Kier molecular flexibility index (Phi) is 3.58. The molecule has 0 unspecified atom stereocenters. The van der Waals surface area contributed by atoms with Crippen molar-refractivity contribution in [2.75, 3.05) is 13.1 Å². The van der Waals surface area contributed by atoms with Gasteiger partial charge in [-0.1, -0.05) is 0 Å². The Labute approximate surface area is 110 Å². The topological polar surface area (TPSA) is 55.6 Å². The summed E-state index contributed by atoms with van der Waals surface area (Å²) in [7, 11) is 0. The summed E-state index contributed by atoms with van der Waals surface area (Å²) in [5.41, 5.74) is 6.03. The predicted molar refractivity (Wildman–Crippen MR) is 71.3 cm³/mol. The first kappa shape index (κ1) is 13.7. The first-order valence-electron chi connectivity index (χ1n) is 7.07. The Morgan fingerprint density at radius 1 is 1.28 bits per heavy atom. The summed E-state index contributed by atoms with van der Waals surface area (Å²) in [5, 5.41) is 0. The van der Waals surface area contributed by atoms with Crippen molar-refractivity contribution in [1.82, 2.24) is 4.90 Å². The zero-order chi connectivity index (χ0) is 13.4. The van der Waals surface area contributed by atoms with Crippen LogP contribution in [0.1, 0.15) is 52.9 Å². The Morgan fingerprint density at radius 2 is 1.83 bits per heavy atom. The molecule has 1 heterocycles. The number of likely N-dealkylation sites (tertiary alicyclic amines) is 1. The van der Waals surface area contributed by atoms with Crippen molar-refractivity contribution in [3.63, 3.8) is 0 Å². The first-order chi connectivity index (χ1) is 8.30. The fourth-order valence-electron chi connectivity index (χ4n) is 2.96. The third-order valence-electron chi connectivity index (χ3n) is 4.24. The number of hydrogen-bond acceptors (Lipinski definition) is 3. The van der Waals surface area contributed by atoms with Crippen LogP contribution in [-0.4, -0.2) is 35.2 Å². The van der Waals surface area contributed by atoms with Crippen molar-refractivity contribution in [2.24, 2.45) is 11.7 Å². The van der Waals surface area contributed by atoms with E-state index in [-0.39, 0.29) is 11.6 Å². The number of piperidine rings is 1. The molecule has 0 radical (unpaired) electrons. The van der Waals surface area contributed by atoms with Crippen molar-refractivity contribution in [3.05, 3.63) is 0 Å². The average Bonchev–Trinajstić information content (AvgIpc) is 2.24. The third-order valence-corrected chi connectivity index (χ3v) is 4.24. The third kappa shape index (κ3) is 2.97. The van der Waals surface area contributed by atoms with E-state index in [2.05, 4.69) is 0 Å². The van der Waals surface area contributed by atoms with Gasteiger partial charge in [-0.15, -0.1) is 0 Å². The molecule has 0 spiro atoms. The van der Waals surface area contributed by atoms with Gasteiger partial charge in [0.25, 0.3) is 0 Å². The number of hydrogen-bond donors (Lipinski definition) is 1. The lowest BCUT2D eigenvalue weighted by atomic mass is 9.66. The van der Waals surface area contributed by atoms with Gasteiger partial charge in [0.2, 0.25) is 0 Å². The lowest BCUT2D eigenvalue weighted by molar-refractivity contribution is 0.0102. The largest absolute Gasteiger partial charge is 0.444 e. The minimum atomic E-state index is -0.406. The van der Waals surface area contributed by atoms with Crippen LogP contribution in [0.5, 0.6) is 0 Å². The molecule has 1 aliphatic carbocycles. The molecule has 0 aromatic carbocycles. The Balaban J connectivity index is 1.81. The highest BCUT2D eigenvalue weighted by Crippen LogP contribution is 2.40. The van der Waals surface area contributed by atoms with E-state index in [4.69, 9.17) is 10.5 Å².